The Kier molecular flexibility index (Phi) is 7.17. The largest absolute Gasteiger partial charge is 0.356 e. The van der Waals surface area contributed by atoms with Crippen LogP contribution in [0.5, 0.6) is 0 Å². The van der Waals surface area contributed by atoms with E-state index < -0.39 is 11.0 Å². The Balaban J connectivity index is 3.87. The van der Waals surface area contributed by atoms with Crippen molar-refractivity contribution < 1.29 is 4.79 Å². The molecule has 0 radical (unpaired) electrons. The Morgan fingerprint density at radius 1 is 1.18 bits per heavy atom. The van der Waals surface area contributed by atoms with Crippen molar-refractivity contribution in [1.82, 2.24) is 5.32 Å². The van der Waals surface area contributed by atoms with Crippen LogP contribution in [-0.4, -0.2) is 30.0 Å². The minimum absolute atomic E-state index is 0.0508. The predicted molar refractivity (Wildman–Crippen MR) is 77.3 cm³/mol. The molecule has 0 aliphatic rings. The van der Waals surface area contributed by atoms with E-state index in [9.17, 15) is 4.79 Å². The summed E-state index contributed by atoms with van der Waals surface area (Å²) in [5.74, 6) is 1.25. The molecule has 4 heteroatoms. The number of hydrogen-bond donors (Lipinski definition) is 2. The zero-order valence-electron chi connectivity index (χ0n) is 11.9. The van der Waals surface area contributed by atoms with Gasteiger partial charge < -0.3 is 11.1 Å². The Morgan fingerprint density at radius 3 is 2.24 bits per heavy atom. The van der Waals surface area contributed by atoms with Gasteiger partial charge in [-0.25, -0.2) is 0 Å². The van der Waals surface area contributed by atoms with Crippen LogP contribution >= 0.6 is 11.8 Å². The highest BCUT2D eigenvalue weighted by Gasteiger charge is 2.39. The van der Waals surface area contributed by atoms with Crippen LogP contribution in [0.15, 0.2) is 0 Å². The molecule has 0 unspecified atom stereocenters. The van der Waals surface area contributed by atoms with E-state index in [4.69, 9.17) is 5.73 Å². The first-order valence-corrected chi connectivity index (χ1v) is 7.69. The fraction of sp³-hybridized carbons (Fsp3) is 0.923. The second kappa shape index (κ2) is 7.27. The molecule has 0 aromatic heterocycles. The molecule has 0 aromatic rings. The summed E-state index contributed by atoms with van der Waals surface area (Å²) in [7, 11) is 0. The van der Waals surface area contributed by atoms with Crippen molar-refractivity contribution in [2.24, 2.45) is 11.1 Å². The minimum atomic E-state index is -0.535. The van der Waals surface area contributed by atoms with Crippen LogP contribution < -0.4 is 11.1 Å². The first kappa shape index (κ1) is 16.8. The normalized spacial score (nSPS) is 12.6. The van der Waals surface area contributed by atoms with Gasteiger partial charge in [-0.2, -0.15) is 11.8 Å². The highest BCUT2D eigenvalue weighted by molar-refractivity contribution is 7.98. The molecule has 0 aliphatic heterocycles. The molecule has 3 nitrogen and oxygen atoms in total. The van der Waals surface area contributed by atoms with E-state index in [1.165, 1.54) is 18.6 Å². The van der Waals surface area contributed by atoms with Gasteiger partial charge in [0.05, 0.1) is 5.41 Å². The quantitative estimate of drug-likeness (QED) is 0.659. The van der Waals surface area contributed by atoms with Crippen molar-refractivity contribution in [3.8, 4) is 0 Å². The van der Waals surface area contributed by atoms with Gasteiger partial charge in [-0.1, -0.05) is 6.42 Å². The maximum Gasteiger partial charge on any atom is 0.227 e. The fourth-order valence-electron chi connectivity index (χ4n) is 1.26. The van der Waals surface area contributed by atoms with Gasteiger partial charge in [-0.05, 0) is 52.5 Å². The molecule has 0 spiro atoms. The first-order chi connectivity index (χ1) is 7.73. The zero-order valence-corrected chi connectivity index (χ0v) is 12.7. The van der Waals surface area contributed by atoms with Crippen LogP contribution in [0, 0.1) is 5.41 Å². The number of thioether (sulfide) groups is 1. The predicted octanol–water partition coefficient (Wildman–Crippen LogP) is 2.40. The summed E-state index contributed by atoms with van der Waals surface area (Å²) in [6.07, 6.45) is 5.57. The topological polar surface area (TPSA) is 55.1 Å². The number of amides is 1. The van der Waals surface area contributed by atoms with Crippen LogP contribution in [0.4, 0.5) is 0 Å². The third kappa shape index (κ3) is 5.77. The van der Waals surface area contributed by atoms with Crippen molar-refractivity contribution in [1.29, 1.82) is 0 Å². The summed E-state index contributed by atoms with van der Waals surface area (Å²) < 4.78 is 0. The van der Waals surface area contributed by atoms with Gasteiger partial charge in [-0.15, -0.1) is 0 Å². The second-order valence-corrected chi connectivity index (χ2v) is 6.64. The average Bonchev–Trinajstić information content (AvgIpc) is 2.21. The Morgan fingerprint density at radius 2 is 1.76 bits per heavy atom. The molecule has 17 heavy (non-hydrogen) atoms. The molecule has 0 rings (SSSR count). The van der Waals surface area contributed by atoms with E-state index >= 15 is 0 Å². The number of rotatable bonds is 8. The number of nitrogens with two attached hydrogens (primary N) is 1. The molecule has 0 saturated heterocycles. The van der Waals surface area contributed by atoms with Crippen LogP contribution in [0.3, 0.4) is 0 Å². The van der Waals surface area contributed by atoms with Gasteiger partial charge in [0.2, 0.25) is 5.91 Å². The highest BCUT2D eigenvalue weighted by atomic mass is 32.2. The third-order valence-corrected chi connectivity index (χ3v) is 4.19. The molecule has 1 amide bonds. The molecular formula is C13H28N2OS. The Labute approximate surface area is 110 Å². The van der Waals surface area contributed by atoms with Gasteiger partial charge >= 0.3 is 0 Å². The minimum Gasteiger partial charge on any atom is -0.356 e. The first-order valence-electron chi connectivity index (χ1n) is 6.29. The number of carbonyl (C=O) groups excluding carboxylic acids is 1. The van der Waals surface area contributed by atoms with Gasteiger partial charge in [-0.3, -0.25) is 4.79 Å². The zero-order chi connectivity index (χ0) is 13.5. The van der Waals surface area contributed by atoms with E-state index in [1.807, 2.05) is 39.5 Å². The lowest BCUT2D eigenvalue weighted by atomic mass is 9.74. The molecule has 0 aromatic carbocycles. The summed E-state index contributed by atoms with van der Waals surface area (Å²) in [6, 6.07) is 0. The third-order valence-electron chi connectivity index (χ3n) is 3.49. The summed E-state index contributed by atoms with van der Waals surface area (Å²) in [4.78, 5) is 12.0. The van der Waals surface area contributed by atoms with Gasteiger partial charge in [0.25, 0.3) is 0 Å². The van der Waals surface area contributed by atoms with Crippen molar-refractivity contribution in [3.05, 3.63) is 0 Å². The number of unbranched alkanes of at least 4 members (excludes halogenated alkanes) is 2. The van der Waals surface area contributed by atoms with Crippen molar-refractivity contribution in [2.45, 2.75) is 52.5 Å². The van der Waals surface area contributed by atoms with E-state index in [-0.39, 0.29) is 5.91 Å². The lowest BCUT2D eigenvalue weighted by molar-refractivity contribution is -0.132. The summed E-state index contributed by atoms with van der Waals surface area (Å²) in [6.45, 7) is 8.34. The Hall–Kier alpha value is -0.220. The van der Waals surface area contributed by atoms with E-state index in [0.29, 0.717) is 0 Å². The molecule has 0 saturated carbocycles. The van der Waals surface area contributed by atoms with Crippen LogP contribution in [-0.2, 0) is 4.79 Å². The molecule has 0 bridgehead atoms. The number of carbonyl (C=O) groups is 1. The van der Waals surface area contributed by atoms with Crippen LogP contribution in [0.1, 0.15) is 47.0 Å². The molecular weight excluding hydrogens is 232 g/mol. The summed E-state index contributed by atoms with van der Waals surface area (Å²) >= 11 is 1.87. The number of hydrogen-bond acceptors (Lipinski definition) is 3. The van der Waals surface area contributed by atoms with Gasteiger partial charge in [0, 0.05) is 12.1 Å². The molecule has 0 heterocycles. The molecule has 0 atom stereocenters. The lowest BCUT2D eigenvalue weighted by Gasteiger charge is -2.36. The van der Waals surface area contributed by atoms with Crippen molar-refractivity contribution >= 4 is 17.7 Å². The van der Waals surface area contributed by atoms with Gasteiger partial charge in [0.15, 0.2) is 0 Å². The van der Waals surface area contributed by atoms with E-state index in [2.05, 4.69) is 11.6 Å². The van der Waals surface area contributed by atoms with Crippen LogP contribution in [0.2, 0.25) is 0 Å². The maximum absolute atomic E-state index is 12.0. The monoisotopic (exact) mass is 260 g/mol. The average molecular weight is 260 g/mol. The molecule has 3 N–H and O–H groups in total. The van der Waals surface area contributed by atoms with Crippen molar-refractivity contribution in [3.63, 3.8) is 0 Å². The summed E-state index contributed by atoms with van der Waals surface area (Å²) in [5, 5.41) is 2.98. The highest BCUT2D eigenvalue weighted by Crippen LogP contribution is 2.28. The molecule has 102 valence electrons. The SMILES string of the molecule is CSCCCCCNC(=O)C(C)(C)C(C)(C)N. The maximum atomic E-state index is 12.0. The fourth-order valence-corrected chi connectivity index (χ4v) is 1.76. The summed E-state index contributed by atoms with van der Waals surface area (Å²) in [5.41, 5.74) is 4.98. The lowest BCUT2D eigenvalue weighted by Crippen LogP contribution is -2.55. The van der Waals surface area contributed by atoms with Crippen LogP contribution in [0.25, 0.3) is 0 Å². The smallest absolute Gasteiger partial charge is 0.227 e. The number of nitrogens with one attached hydrogen (secondary N) is 1. The van der Waals surface area contributed by atoms with Crippen molar-refractivity contribution in [2.75, 3.05) is 18.6 Å². The Bertz CT molecular complexity index is 234. The standard InChI is InChI=1S/C13H28N2OS/c1-12(2,13(3,4)14)11(16)15-9-7-6-8-10-17-5/h6-10,14H2,1-5H3,(H,15,16). The molecule has 0 fully saturated rings. The molecule has 0 aliphatic carbocycles. The van der Waals surface area contributed by atoms with E-state index in [1.54, 1.807) is 0 Å². The van der Waals surface area contributed by atoms with Gasteiger partial charge in [0.1, 0.15) is 0 Å². The van der Waals surface area contributed by atoms with E-state index in [0.717, 1.165) is 13.0 Å². The second-order valence-electron chi connectivity index (χ2n) is 5.66.